The number of carbonyl (C=O) groups excluding carboxylic acids is 2. The molecule has 6 heteroatoms. The third-order valence-corrected chi connectivity index (χ3v) is 7.69. The monoisotopic (exact) mass is 581 g/mol. The van der Waals surface area contributed by atoms with E-state index in [1.54, 1.807) is 6.07 Å². The molecule has 0 radical (unpaired) electrons. The standard InChI is InChI=1S/C34H59NO4.ClH/c1-32(2,3)23-19-17-15-13-11-9-10-12-14-16-18-20-24-34(7,8)31(38)39-28-22-21-26(25-27(28)36)29(37)30(35)33(4,5)6;/h21-22,25,30,36H,9-20,23-24,35H2,1-8H3;1H. The van der Waals surface area contributed by atoms with Gasteiger partial charge in [0.25, 0.3) is 0 Å². The molecule has 1 aromatic rings. The lowest BCUT2D eigenvalue weighted by Crippen LogP contribution is -2.42. The van der Waals surface area contributed by atoms with E-state index >= 15 is 0 Å². The smallest absolute Gasteiger partial charge is 0.317 e. The summed E-state index contributed by atoms with van der Waals surface area (Å²) in [6.45, 7) is 16.4. The lowest BCUT2D eigenvalue weighted by molar-refractivity contribution is -0.144. The fourth-order valence-corrected chi connectivity index (χ4v) is 4.66. The maximum atomic E-state index is 12.8. The molecule has 0 aliphatic rings. The molecule has 0 fully saturated rings. The summed E-state index contributed by atoms with van der Waals surface area (Å²) >= 11 is 0. The number of hydrogen-bond acceptors (Lipinski definition) is 5. The summed E-state index contributed by atoms with van der Waals surface area (Å²) in [6.07, 6.45) is 17.5. The molecule has 1 rings (SSSR count). The second-order valence-electron chi connectivity index (χ2n) is 14.5. The van der Waals surface area contributed by atoms with Crippen molar-refractivity contribution in [2.45, 2.75) is 151 Å². The fraction of sp³-hybridized carbons (Fsp3) is 0.765. The predicted octanol–water partition coefficient (Wildman–Crippen LogP) is 9.81. The number of rotatable bonds is 18. The number of carbonyl (C=O) groups is 2. The lowest BCUT2D eigenvalue weighted by Gasteiger charge is -2.26. The average Bonchev–Trinajstić information content (AvgIpc) is 2.83. The Morgan fingerprint density at radius 3 is 1.57 bits per heavy atom. The maximum Gasteiger partial charge on any atom is 0.317 e. The van der Waals surface area contributed by atoms with Crippen molar-refractivity contribution in [2.75, 3.05) is 0 Å². The van der Waals surface area contributed by atoms with Crippen molar-refractivity contribution in [1.82, 2.24) is 0 Å². The van der Waals surface area contributed by atoms with Crippen molar-refractivity contribution < 1.29 is 19.4 Å². The number of halogens is 1. The molecule has 0 saturated carbocycles. The van der Waals surface area contributed by atoms with Gasteiger partial charge < -0.3 is 15.6 Å². The van der Waals surface area contributed by atoms with E-state index in [0.717, 1.165) is 19.3 Å². The van der Waals surface area contributed by atoms with Gasteiger partial charge in [0, 0.05) is 5.56 Å². The maximum absolute atomic E-state index is 12.8. The van der Waals surface area contributed by atoms with Crippen LogP contribution in [0.2, 0.25) is 0 Å². The number of hydrogen-bond donors (Lipinski definition) is 2. The summed E-state index contributed by atoms with van der Waals surface area (Å²) in [5.41, 5.74) is 5.80. The first-order valence-electron chi connectivity index (χ1n) is 15.4. The van der Waals surface area contributed by atoms with E-state index in [-0.39, 0.29) is 35.7 Å². The zero-order valence-electron chi connectivity index (χ0n) is 26.9. The van der Waals surface area contributed by atoms with Crippen LogP contribution >= 0.6 is 12.4 Å². The van der Waals surface area contributed by atoms with Crippen LogP contribution in [0.4, 0.5) is 0 Å². The van der Waals surface area contributed by atoms with Gasteiger partial charge in [0.15, 0.2) is 17.3 Å². The Morgan fingerprint density at radius 1 is 0.750 bits per heavy atom. The van der Waals surface area contributed by atoms with Gasteiger partial charge >= 0.3 is 5.97 Å². The molecule has 40 heavy (non-hydrogen) atoms. The summed E-state index contributed by atoms with van der Waals surface area (Å²) in [5, 5.41) is 10.4. The number of phenols is 1. The van der Waals surface area contributed by atoms with Crippen LogP contribution < -0.4 is 10.5 Å². The van der Waals surface area contributed by atoms with E-state index in [0.29, 0.717) is 11.0 Å². The van der Waals surface area contributed by atoms with Gasteiger partial charge in [0.2, 0.25) is 0 Å². The largest absolute Gasteiger partial charge is 0.504 e. The van der Waals surface area contributed by atoms with Crippen LogP contribution in [0.3, 0.4) is 0 Å². The van der Waals surface area contributed by atoms with Gasteiger partial charge in [-0.05, 0) is 55.7 Å². The van der Waals surface area contributed by atoms with Crippen LogP contribution in [-0.2, 0) is 4.79 Å². The fourth-order valence-electron chi connectivity index (χ4n) is 4.66. The van der Waals surface area contributed by atoms with E-state index in [2.05, 4.69) is 20.8 Å². The number of benzene rings is 1. The zero-order chi connectivity index (χ0) is 29.7. The summed E-state index contributed by atoms with van der Waals surface area (Å²) in [7, 11) is 0. The minimum Gasteiger partial charge on any atom is -0.504 e. The molecule has 0 aliphatic carbocycles. The Hall–Kier alpha value is -1.59. The molecular formula is C34H60ClNO4. The summed E-state index contributed by atoms with van der Waals surface area (Å²) in [6, 6.07) is 3.66. The Morgan fingerprint density at radius 2 is 1.18 bits per heavy atom. The van der Waals surface area contributed by atoms with Crippen LogP contribution in [0.15, 0.2) is 18.2 Å². The second-order valence-corrected chi connectivity index (χ2v) is 14.5. The van der Waals surface area contributed by atoms with E-state index < -0.39 is 16.9 Å². The van der Waals surface area contributed by atoms with E-state index in [1.807, 2.05) is 34.6 Å². The van der Waals surface area contributed by atoms with E-state index in [9.17, 15) is 14.7 Å². The average molecular weight is 582 g/mol. The summed E-state index contributed by atoms with van der Waals surface area (Å²) < 4.78 is 5.52. The Labute approximate surface area is 251 Å². The van der Waals surface area contributed by atoms with Gasteiger partial charge in [-0.15, -0.1) is 12.4 Å². The highest BCUT2D eigenvalue weighted by Crippen LogP contribution is 2.33. The molecule has 5 nitrogen and oxygen atoms in total. The molecule has 1 atom stereocenters. The molecule has 232 valence electrons. The topological polar surface area (TPSA) is 89.6 Å². The van der Waals surface area contributed by atoms with Crippen molar-refractivity contribution in [2.24, 2.45) is 22.0 Å². The molecule has 1 aromatic carbocycles. The van der Waals surface area contributed by atoms with Crippen LogP contribution in [0.1, 0.15) is 156 Å². The molecule has 0 amide bonds. The summed E-state index contributed by atoms with van der Waals surface area (Å²) in [5.74, 6) is -0.787. The molecule has 0 heterocycles. The van der Waals surface area contributed by atoms with Crippen LogP contribution in [-0.4, -0.2) is 22.9 Å². The number of ketones is 1. The van der Waals surface area contributed by atoms with Crippen molar-refractivity contribution in [3.63, 3.8) is 0 Å². The molecule has 0 spiro atoms. The first-order valence-corrected chi connectivity index (χ1v) is 15.4. The van der Waals surface area contributed by atoms with Gasteiger partial charge in [0.1, 0.15) is 0 Å². The normalized spacial score (nSPS) is 13.0. The van der Waals surface area contributed by atoms with Crippen LogP contribution in [0.5, 0.6) is 11.5 Å². The van der Waals surface area contributed by atoms with Gasteiger partial charge in [-0.3, -0.25) is 9.59 Å². The van der Waals surface area contributed by atoms with Gasteiger partial charge in [-0.2, -0.15) is 0 Å². The van der Waals surface area contributed by atoms with Crippen molar-refractivity contribution >= 4 is 24.2 Å². The van der Waals surface area contributed by atoms with Gasteiger partial charge in [-0.25, -0.2) is 0 Å². The molecule has 1 unspecified atom stereocenters. The van der Waals surface area contributed by atoms with Crippen molar-refractivity contribution in [1.29, 1.82) is 0 Å². The molecular weight excluding hydrogens is 522 g/mol. The second kappa shape index (κ2) is 18.1. The molecule has 0 aromatic heterocycles. The molecule has 0 aliphatic heterocycles. The highest BCUT2D eigenvalue weighted by molar-refractivity contribution is 6.01. The minimum absolute atomic E-state index is 0. The number of Topliss-reactive ketones (excluding diaryl/α,β-unsaturated/α-hetero) is 1. The zero-order valence-corrected chi connectivity index (χ0v) is 27.7. The number of esters is 1. The Bertz CT molecular complexity index is 883. The van der Waals surface area contributed by atoms with Crippen LogP contribution in [0, 0.1) is 16.2 Å². The first-order chi connectivity index (χ1) is 18.0. The third kappa shape index (κ3) is 15.4. The highest BCUT2D eigenvalue weighted by atomic mass is 35.5. The SMILES string of the molecule is CC(C)(C)CCCCCCCCCCCCCCC(C)(C)C(=O)Oc1ccc(C(=O)C(N)C(C)(C)C)cc1O.Cl. The quantitative estimate of drug-likeness (QED) is 0.0779. The highest BCUT2D eigenvalue weighted by Gasteiger charge is 2.31. The Balaban J connectivity index is 0.0000152. The third-order valence-electron chi connectivity index (χ3n) is 7.69. The Kier molecular flexibility index (Phi) is 17.3. The number of aromatic hydroxyl groups is 1. The van der Waals surface area contributed by atoms with Crippen LogP contribution in [0.25, 0.3) is 0 Å². The number of phenolic OH excluding ortho intramolecular Hbond substituents is 1. The predicted molar refractivity (Wildman–Crippen MR) is 171 cm³/mol. The van der Waals surface area contributed by atoms with Gasteiger partial charge in [-0.1, -0.05) is 119 Å². The minimum atomic E-state index is -0.692. The molecule has 0 bridgehead atoms. The summed E-state index contributed by atoms with van der Waals surface area (Å²) in [4.78, 5) is 25.4. The lowest BCUT2D eigenvalue weighted by atomic mass is 9.83. The van der Waals surface area contributed by atoms with Crippen molar-refractivity contribution in [3.05, 3.63) is 23.8 Å². The number of unbranched alkanes of at least 4 members (excludes halogenated alkanes) is 11. The molecule has 0 saturated heterocycles. The molecule has 3 N–H and O–H groups in total. The van der Waals surface area contributed by atoms with Gasteiger partial charge in [0.05, 0.1) is 11.5 Å². The van der Waals surface area contributed by atoms with E-state index in [4.69, 9.17) is 10.5 Å². The number of nitrogens with two attached hydrogens (primary N) is 1. The van der Waals surface area contributed by atoms with Crippen molar-refractivity contribution in [3.8, 4) is 11.5 Å². The number of ether oxygens (including phenoxy) is 1. The first kappa shape index (κ1) is 38.4. The van der Waals surface area contributed by atoms with E-state index in [1.165, 1.54) is 82.8 Å².